The molecule has 0 spiro atoms. The molecule has 0 aliphatic carbocycles. The lowest BCUT2D eigenvalue weighted by molar-refractivity contribution is 0.437. The summed E-state index contributed by atoms with van der Waals surface area (Å²) in [5, 5.41) is 3.31. The molecule has 2 aromatic rings. The van der Waals surface area contributed by atoms with Crippen molar-refractivity contribution in [3.63, 3.8) is 0 Å². The van der Waals surface area contributed by atoms with Crippen LogP contribution >= 0.6 is 0 Å². The highest BCUT2D eigenvalue weighted by molar-refractivity contribution is 5.45. The number of nitrogens with two attached hydrogens (primary N) is 1. The number of halogens is 1. The molecule has 3 N–H and O–H groups in total. The number of anilines is 1. The summed E-state index contributed by atoms with van der Waals surface area (Å²) in [4.78, 5) is 0. The Morgan fingerprint density at radius 1 is 1.00 bits per heavy atom. The van der Waals surface area contributed by atoms with Crippen LogP contribution in [-0.2, 0) is 6.54 Å². The predicted octanol–water partition coefficient (Wildman–Crippen LogP) is 3.27. The first kappa shape index (κ1) is 12.6. The molecule has 0 aliphatic heterocycles. The van der Waals surface area contributed by atoms with E-state index in [9.17, 15) is 4.39 Å². The maximum atomic E-state index is 12.4. The summed E-state index contributed by atoms with van der Waals surface area (Å²) in [6.45, 7) is 0.242. The average Bonchev–Trinajstić information content (AvgIpc) is 2.46. The zero-order valence-electron chi connectivity index (χ0n) is 10.1. The topological polar surface area (TPSA) is 38.0 Å². The van der Waals surface area contributed by atoms with Crippen LogP contribution in [0.1, 0.15) is 17.2 Å². The van der Waals surface area contributed by atoms with E-state index < -0.39 is 12.7 Å². The van der Waals surface area contributed by atoms with Crippen molar-refractivity contribution in [1.82, 2.24) is 0 Å². The maximum absolute atomic E-state index is 12.4. The summed E-state index contributed by atoms with van der Waals surface area (Å²) < 4.78 is 12.4. The fourth-order valence-corrected chi connectivity index (χ4v) is 1.74. The van der Waals surface area contributed by atoms with Crippen molar-refractivity contribution in [2.45, 2.75) is 12.6 Å². The summed E-state index contributed by atoms with van der Waals surface area (Å²) in [7, 11) is 0. The molecule has 0 unspecified atom stereocenters. The van der Waals surface area contributed by atoms with Gasteiger partial charge in [-0.15, -0.1) is 0 Å². The van der Waals surface area contributed by atoms with E-state index in [-0.39, 0.29) is 0 Å². The van der Waals surface area contributed by atoms with E-state index in [1.165, 1.54) is 5.56 Å². The van der Waals surface area contributed by atoms with E-state index >= 15 is 0 Å². The second kappa shape index (κ2) is 6.17. The van der Waals surface area contributed by atoms with Gasteiger partial charge in [0.15, 0.2) is 0 Å². The third-order valence-electron chi connectivity index (χ3n) is 2.84. The van der Waals surface area contributed by atoms with Gasteiger partial charge >= 0.3 is 0 Å². The van der Waals surface area contributed by atoms with E-state index in [1.54, 1.807) is 0 Å². The van der Waals surface area contributed by atoms with Crippen molar-refractivity contribution in [3.8, 4) is 0 Å². The molecule has 0 saturated heterocycles. The van der Waals surface area contributed by atoms with Crippen LogP contribution in [0, 0.1) is 0 Å². The van der Waals surface area contributed by atoms with Crippen molar-refractivity contribution in [2.24, 2.45) is 5.73 Å². The highest BCUT2D eigenvalue weighted by Gasteiger charge is 2.04. The van der Waals surface area contributed by atoms with Gasteiger partial charge in [0.25, 0.3) is 0 Å². The molecule has 2 aromatic carbocycles. The molecule has 0 amide bonds. The van der Waals surface area contributed by atoms with Crippen LogP contribution in [0.25, 0.3) is 0 Å². The Hall–Kier alpha value is -1.87. The Bertz CT molecular complexity index is 468. The van der Waals surface area contributed by atoms with Gasteiger partial charge in [-0.3, -0.25) is 0 Å². The molecule has 3 heteroatoms. The molecular weight excluding hydrogens is 227 g/mol. The number of hydrogen-bond donors (Lipinski definition) is 2. The van der Waals surface area contributed by atoms with Crippen LogP contribution in [0.15, 0.2) is 54.6 Å². The zero-order chi connectivity index (χ0) is 12.8. The molecule has 1 atom stereocenters. The summed E-state index contributed by atoms with van der Waals surface area (Å²) in [6.07, 6.45) is 0. The third-order valence-corrected chi connectivity index (χ3v) is 2.84. The van der Waals surface area contributed by atoms with Gasteiger partial charge in [0, 0.05) is 12.2 Å². The number of benzene rings is 2. The first-order chi connectivity index (χ1) is 8.79. The summed E-state index contributed by atoms with van der Waals surface area (Å²) in [6, 6.07) is 17.2. The average molecular weight is 244 g/mol. The van der Waals surface area contributed by atoms with Gasteiger partial charge in [-0.1, -0.05) is 42.5 Å². The molecule has 0 saturated carbocycles. The Morgan fingerprint density at radius 3 is 2.28 bits per heavy atom. The first-order valence-electron chi connectivity index (χ1n) is 5.99. The van der Waals surface area contributed by atoms with Crippen LogP contribution in [0.3, 0.4) is 0 Å². The zero-order valence-corrected chi connectivity index (χ0v) is 10.1. The summed E-state index contributed by atoms with van der Waals surface area (Å²) in [5.41, 5.74) is 8.67. The molecule has 0 heterocycles. The van der Waals surface area contributed by atoms with Crippen molar-refractivity contribution in [1.29, 1.82) is 0 Å². The smallest absolute Gasteiger partial charge is 0.109 e. The lowest BCUT2D eigenvalue weighted by Gasteiger charge is -2.10. The third kappa shape index (κ3) is 3.31. The summed E-state index contributed by atoms with van der Waals surface area (Å²) in [5.74, 6) is 0. The van der Waals surface area contributed by atoms with Gasteiger partial charge in [0.2, 0.25) is 0 Å². The van der Waals surface area contributed by atoms with Crippen LogP contribution in [0.5, 0.6) is 0 Å². The molecular formula is C15H17FN2. The van der Waals surface area contributed by atoms with Crippen LogP contribution in [-0.4, -0.2) is 6.67 Å². The van der Waals surface area contributed by atoms with E-state index in [0.29, 0.717) is 0 Å². The Balaban J connectivity index is 1.94. The van der Waals surface area contributed by atoms with Gasteiger partial charge < -0.3 is 11.1 Å². The Morgan fingerprint density at radius 2 is 1.67 bits per heavy atom. The molecule has 2 nitrogen and oxygen atoms in total. The highest BCUT2D eigenvalue weighted by atomic mass is 19.1. The largest absolute Gasteiger partial charge is 0.381 e. The van der Waals surface area contributed by atoms with Crippen molar-refractivity contribution >= 4 is 5.69 Å². The Kier molecular flexibility index (Phi) is 4.31. The van der Waals surface area contributed by atoms with E-state index in [0.717, 1.165) is 17.8 Å². The molecule has 0 fully saturated rings. The van der Waals surface area contributed by atoms with E-state index in [4.69, 9.17) is 5.73 Å². The standard InChI is InChI=1S/C15H17FN2/c16-10-15(17)13-6-8-14(9-7-13)18-11-12-4-2-1-3-5-12/h1-9,15,18H,10-11,17H2/t15-/m0/s1. The molecule has 0 bridgehead atoms. The number of nitrogens with one attached hydrogen (secondary N) is 1. The molecule has 0 aromatic heterocycles. The lowest BCUT2D eigenvalue weighted by atomic mass is 10.1. The molecule has 18 heavy (non-hydrogen) atoms. The maximum Gasteiger partial charge on any atom is 0.109 e. The lowest BCUT2D eigenvalue weighted by Crippen LogP contribution is -2.11. The highest BCUT2D eigenvalue weighted by Crippen LogP contribution is 2.15. The van der Waals surface area contributed by atoms with E-state index in [2.05, 4.69) is 17.4 Å². The second-order valence-corrected chi connectivity index (χ2v) is 4.22. The van der Waals surface area contributed by atoms with Gasteiger partial charge in [-0.05, 0) is 23.3 Å². The van der Waals surface area contributed by atoms with Crippen LogP contribution in [0.2, 0.25) is 0 Å². The Labute approximate surface area is 107 Å². The van der Waals surface area contributed by atoms with E-state index in [1.807, 2.05) is 42.5 Å². The quantitative estimate of drug-likeness (QED) is 0.847. The minimum atomic E-state index is -0.531. The first-order valence-corrected chi connectivity index (χ1v) is 5.99. The fraction of sp³-hybridized carbons (Fsp3) is 0.200. The van der Waals surface area contributed by atoms with Gasteiger partial charge in [-0.25, -0.2) is 4.39 Å². The van der Waals surface area contributed by atoms with Crippen molar-refractivity contribution < 1.29 is 4.39 Å². The fourth-order valence-electron chi connectivity index (χ4n) is 1.74. The number of rotatable bonds is 5. The van der Waals surface area contributed by atoms with Crippen LogP contribution in [0.4, 0.5) is 10.1 Å². The minimum absolute atomic E-state index is 0.520. The molecule has 0 radical (unpaired) electrons. The monoisotopic (exact) mass is 244 g/mol. The SMILES string of the molecule is N[C@@H](CF)c1ccc(NCc2ccccc2)cc1. The van der Waals surface area contributed by atoms with Crippen molar-refractivity contribution in [2.75, 3.05) is 12.0 Å². The molecule has 94 valence electrons. The summed E-state index contributed by atoms with van der Waals surface area (Å²) >= 11 is 0. The van der Waals surface area contributed by atoms with Crippen molar-refractivity contribution in [3.05, 3.63) is 65.7 Å². The number of hydrogen-bond acceptors (Lipinski definition) is 2. The number of alkyl halides is 1. The predicted molar refractivity (Wildman–Crippen MR) is 73.1 cm³/mol. The molecule has 0 aliphatic rings. The van der Waals surface area contributed by atoms with Gasteiger partial charge in [0.1, 0.15) is 6.67 Å². The normalized spacial score (nSPS) is 12.1. The molecule has 2 rings (SSSR count). The van der Waals surface area contributed by atoms with Crippen LogP contribution < -0.4 is 11.1 Å². The van der Waals surface area contributed by atoms with Gasteiger partial charge in [0.05, 0.1) is 6.04 Å². The second-order valence-electron chi connectivity index (χ2n) is 4.22. The van der Waals surface area contributed by atoms with Gasteiger partial charge in [-0.2, -0.15) is 0 Å². The minimum Gasteiger partial charge on any atom is -0.381 e.